The highest BCUT2D eigenvalue weighted by atomic mass is 127. The molecule has 0 radical (unpaired) electrons. The summed E-state index contributed by atoms with van der Waals surface area (Å²) >= 11 is 0. The van der Waals surface area contributed by atoms with E-state index in [2.05, 4.69) is 10.3 Å². The van der Waals surface area contributed by atoms with Crippen molar-refractivity contribution in [3.8, 4) is 11.5 Å². The molecule has 0 heterocycles. The third kappa shape index (κ3) is 5.26. The third-order valence-electron chi connectivity index (χ3n) is 3.71. The van der Waals surface area contributed by atoms with E-state index in [1.807, 2.05) is 18.2 Å². The molecule has 6 heteroatoms. The second-order valence-electron chi connectivity index (χ2n) is 5.04. The van der Waals surface area contributed by atoms with Crippen molar-refractivity contribution in [2.75, 3.05) is 26.1 Å². The van der Waals surface area contributed by atoms with Crippen LogP contribution in [0.4, 0.5) is 5.69 Å². The second kappa shape index (κ2) is 8.96. The van der Waals surface area contributed by atoms with Gasteiger partial charge in [-0.2, -0.15) is 0 Å². The minimum atomic E-state index is 0. The lowest BCUT2D eigenvalue weighted by molar-refractivity contribution is 0.300. The van der Waals surface area contributed by atoms with Crippen molar-refractivity contribution in [3.63, 3.8) is 0 Å². The van der Waals surface area contributed by atoms with E-state index in [1.54, 1.807) is 14.2 Å². The topological polar surface area (TPSA) is 68.9 Å². The summed E-state index contributed by atoms with van der Waals surface area (Å²) in [6.45, 7) is 0.774. The average molecular weight is 405 g/mol. The van der Waals surface area contributed by atoms with E-state index in [9.17, 15) is 0 Å². The molecule has 1 fully saturated rings. The molecule has 0 saturated heterocycles. The molecule has 0 atom stereocenters. The lowest BCUT2D eigenvalue weighted by atomic mass is 9.83. The predicted molar refractivity (Wildman–Crippen MR) is 97.0 cm³/mol. The van der Waals surface area contributed by atoms with Crippen molar-refractivity contribution in [2.24, 2.45) is 16.6 Å². The zero-order valence-electron chi connectivity index (χ0n) is 12.6. The molecule has 1 aliphatic rings. The third-order valence-corrected chi connectivity index (χ3v) is 3.71. The molecule has 0 bridgehead atoms. The van der Waals surface area contributed by atoms with Gasteiger partial charge in [0.15, 0.2) is 5.96 Å². The van der Waals surface area contributed by atoms with E-state index in [0.29, 0.717) is 11.7 Å². The van der Waals surface area contributed by atoms with Gasteiger partial charge in [0.2, 0.25) is 0 Å². The van der Waals surface area contributed by atoms with Crippen LogP contribution in [0.1, 0.15) is 25.7 Å². The van der Waals surface area contributed by atoms with Gasteiger partial charge in [-0.3, -0.25) is 4.99 Å². The number of hydrogen-bond acceptors (Lipinski definition) is 3. The summed E-state index contributed by atoms with van der Waals surface area (Å²) in [6.07, 6.45) is 5.17. The monoisotopic (exact) mass is 405 g/mol. The van der Waals surface area contributed by atoms with Gasteiger partial charge in [0.05, 0.1) is 19.9 Å². The van der Waals surface area contributed by atoms with Crippen molar-refractivity contribution in [1.29, 1.82) is 0 Å². The summed E-state index contributed by atoms with van der Waals surface area (Å²) < 4.78 is 10.5. The molecule has 3 N–H and O–H groups in total. The smallest absolute Gasteiger partial charge is 0.193 e. The Balaban J connectivity index is 0.00000220. The predicted octanol–water partition coefficient (Wildman–Crippen LogP) is 3.24. The van der Waals surface area contributed by atoms with Gasteiger partial charge in [0, 0.05) is 12.6 Å². The Bertz CT molecular complexity index is 476. The first-order valence-electron chi connectivity index (χ1n) is 7.02. The molecular formula is C15H24IN3O2. The van der Waals surface area contributed by atoms with E-state index in [0.717, 1.165) is 30.3 Å². The van der Waals surface area contributed by atoms with Crippen LogP contribution in [0.5, 0.6) is 11.5 Å². The number of rotatable bonds is 6. The van der Waals surface area contributed by atoms with Crippen molar-refractivity contribution in [3.05, 3.63) is 18.2 Å². The normalized spacial score (nSPS) is 14.9. The number of guanidine groups is 1. The number of benzene rings is 1. The van der Waals surface area contributed by atoms with Gasteiger partial charge in [-0.05, 0) is 24.5 Å². The average Bonchev–Trinajstić information content (AvgIpc) is 2.41. The fraction of sp³-hybridized carbons (Fsp3) is 0.533. The minimum absolute atomic E-state index is 0. The molecule has 0 aromatic heterocycles. The Labute approximate surface area is 143 Å². The Morgan fingerprint density at radius 2 is 2.10 bits per heavy atom. The lowest BCUT2D eigenvalue weighted by Crippen LogP contribution is -2.23. The summed E-state index contributed by atoms with van der Waals surface area (Å²) in [7, 11) is 3.25. The maximum atomic E-state index is 5.91. The van der Waals surface area contributed by atoms with Crippen LogP contribution in [-0.4, -0.2) is 26.7 Å². The number of nitrogens with two attached hydrogens (primary N) is 1. The van der Waals surface area contributed by atoms with Crippen LogP contribution in [0.2, 0.25) is 0 Å². The molecule has 0 unspecified atom stereocenters. The van der Waals surface area contributed by atoms with Crippen molar-refractivity contribution in [2.45, 2.75) is 25.7 Å². The number of nitrogens with one attached hydrogen (secondary N) is 1. The largest absolute Gasteiger partial charge is 0.497 e. The van der Waals surface area contributed by atoms with Gasteiger partial charge in [-0.15, -0.1) is 24.0 Å². The molecular weight excluding hydrogens is 381 g/mol. The number of anilines is 1. The van der Waals surface area contributed by atoms with Gasteiger partial charge in [-0.1, -0.05) is 19.3 Å². The highest BCUT2D eigenvalue weighted by Crippen LogP contribution is 2.30. The minimum Gasteiger partial charge on any atom is -0.497 e. The number of ether oxygens (including phenoxy) is 2. The summed E-state index contributed by atoms with van der Waals surface area (Å²) in [4.78, 5) is 4.36. The molecule has 1 aromatic rings. The van der Waals surface area contributed by atoms with Crippen molar-refractivity contribution in [1.82, 2.24) is 0 Å². The molecule has 1 saturated carbocycles. The molecule has 1 aliphatic carbocycles. The number of hydrogen-bond donors (Lipinski definition) is 2. The molecule has 0 amide bonds. The molecule has 1 aromatic carbocycles. The van der Waals surface area contributed by atoms with Crippen LogP contribution in [0.3, 0.4) is 0 Å². The number of aliphatic imine (C=N–C) groups is 1. The van der Waals surface area contributed by atoms with Crippen molar-refractivity contribution >= 4 is 35.6 Å². The quantitative estimate of drug-likeness (QED) is 0.433. The van der Waals surface area contributed by atoms with Crippen LogP contribution in [0.25, 0.3) is 0 Å². The van der Waals surface area contributed by atoms with Crippen molar-refractivity contribution < 1.29 is 9.47 Å². The Kier molecular flexibility index (Phi) is 7.63. The van der Waals surface area contributed by atoms with Gasteiger partial charge in [0.25, 0.3) is 0 Å². The lowest BCUT2D eigenvalue weighted by Gasteiger charge is -2.24. The number of nitrogens with zero attached hydrogens (tertiary/aromatic N) is 1. The Morgan fingerprint density at radius 3 is 2.67 bits per heavy atom. The van der Waals surface area contributed by atoms with E-state index >= 15 is 0 Å². The van der Waals surface area contributed by atoms with Gasteiger partial charge >= 0.3 is 0 Å². The standard InChI is InChI=1S/C15H23N3O2.HI/c1-19-12-6-7-14(20-2)13(10-12)18-15(16)17-9-8-11-4-3-5-11;/h6-7,10-11H,3-5,8-9H2,1-2H3,(H3,16,17,18);1H. The fourth-order valence-electron chi connectivity index (χ4n) is 2.24. The van der Waals surface area contributed by atoms with Crippen LogP contribution >= 0.6 is 24.0 Å². The maximum absolute atomic E-state index is 5.91. The van der Waals surface area contributed by atoms with Gasteiger partial charge in [-0.25, -0.2) is 0 Å². The van der Waals surface area contributed by atoms with Crippen LogP contribution in [-0.2, 0) is 0 Å². The molecule has 2 rings (SSSR count). The first-order chi connectivity index (χ1) is 9.72. The Hall–Kier alpha value is -1.18. The summed E-state index contributed by atoms with van der Waals surface area (Å²) in [5.41, 5.74) is 6.67. The van der Waals surface area contributed by atoms with E-state index in [1.165, 1.54) is 19.3 Å². The van der Waals surface area contributed by atoms with E-state index in [4.69, 9.17) is 15.2 Å². The first kappa shape index (κ1) is 17.9. The highest BCUT2D eigenvalue weighted by molar-refractivity contribution is 14.0. The van der Waals surface area contributed by atoms with Crippen LogP contribution in [0, 0.1) is 5.92 Å². The second-order valence-corrected chi connectivity index (χ2v) is 5.04. The molecule has 21 heavy (non-hydrogen) atoms. The fourth-order valence-corrected chi connectivity index (χ4v) is 2.24. The molecule has 0 spiro atoms. The molecule has 0 aliphatic heterocycles. The maximum Gasteiger partial charge on any atom is 0.193 e. The zero-order chi connectivity index (χ0) is 14.4. The number of methoxy groups -OCH3 is 2. The van der Waals surface area contributed by atoms with Crippen LogP contribution in [0.15, 0.2) is 23.2 Å². The van der Waals surface area contributed by atoms with Gasteiger partial charge in [0.1, 0.15) is 11.5 Å². The zero-order valence-corrected chi connectivity index (χ0v) is 14.9. The summed E-state index contributed by atoms with van der Waals surface area (Å²) in [5.74, 6) is 2.72. The Morgan fingerprint density at radius 1 is 1.33 bits per heavy atom. The van der Waals surface area contributed by atoms with Gasteiger partial charge < -0.3 is 20.5 Å². The van der Waals surface area contributed by atoms with Crippen LogP contribution < -0.4 is 20.5 Å². The molecule has 5 nitrogen and oxygen atoms in total. The SMILES string of the molecule is COc1ccc(OC)c(NC(N)=NCCC2CCC2)c1.I. The summed E-state index contributed by atoms with van der Waals surface area (Å²) in [6, 6.07) is 5.52. The highest BCUT2D eigenvalue weighted by Gasteiger charge is 2.16. The number of halogens is 1. The van der Waals surface area contributed by atoms with E-state index in [-0.39, 0.29) is 24.0 Å². The first-order valence-corrected chi connectivity index (χ1v) is 7.02. The summed E-state index contributed by atoms with van der Waals surface area (Å²) in [5, 5.41) is 3.07. The van der Waals surface area contributed by atoms with E-state index < -0.39 is 0 Å². The molecule has 118 valence electrons.